The van der Waals surface area contributed by atoms with E-state index in [-0.39, 0.29) is 6.04 Å². The zero-order chi connectivity index (χ0) is 14.2. The van der Waals surface area contributed by atoms with E-state index in [1.807, 2.05) is 11.3 Å². The second-order valence-electron chi connectivity index (χ2n) is 6.17. The van der Waals surface area contributed by atoms with Crippen molar-refractivity contribution in [2.75, 3.05) is 0 Å². The minimum Gasteiger partial charge on any atom is -0.490 e. The fraction of sp³-hybridized carbons (Fsp3) is 0.444. The number of ether oxygens (including phenoxy) is 1. The molecule has 21 heavy (non-hydrogen) atoms. The smallest absolute Gasteiger partial charge is 0.119 e. The number of aryl methyl sites for hydroxylation is 2. The first-order valence-electron chi connectivity index (χ1n) is 7.93. The summed E-state index contributed by atoms with van der Waals surface area (Å²) in [4.78, 5) is 2.86. The summed E-state index contributed by atoms with van der Waals surface area (Å²) >= 11 is 1.91. The van der Waals surface area contributed by atoms with Crippen molar-refractivity contribution >= 4 is 11.3 Å². The lowest BCUT2D eigenvalue weighted by atomic mass is 9.98. The van der Waals surface area contributed by atoms with E-state index < -0.39 is 0 Å². The van der Waals surface area contributed by atoms with Crippen molar-refractivity contribution < 1.29 is 4.74 Å². The van der Waals surface area contributed by atoms with Gasteiger partial charge in [-0.2, -0.15) is 0 Å². The molecule has 0 bridgehead atoms. The lowest BCUT2D eigenvalue weighted by molar-refractivity contribution is 0.303. The number of nitrogens with two attached hydrogens (primary N) is 1. The van der Waals surface area contributed by atoms with Crippen molar-refractivity contribution in [2.24, 2.45) is 5.73 Å². The van der Waals surface area contributed by atoms with Gasteiger partial charge in [-0.25, -0.2) is 0 Å². The largest absolute Gasteiger partial charge is 0.490 e. The Labute approximate surface area is 129 Å². The Morgan fingerprint density at radius 2 is 1.86 bits per heavy atom. The highest BCUT2D eigenvalue weighted by Gasteiger charge is 2.23. The van der Waals surface area contributed by atoms with Crippen LogP contribution in [0.5, 0.6) is 5.75 Å². The number of fused-ring (bicyclic) bond motifs is 1. The Kier molecular flexibility index (Phi) is 3.48. The van der Waals surface area contributed by atoms with Crippen LogP contribution in [0.15, 0.2) is 30.3 Å². The van der Waals surface area contributed by atoms with Crippen LogP contribution in [-0.2, 0) is 12.8 Å². The van der Waals surface area contributed by atoms with Gasteiger partial charge < -0.3 is 10.5 Å². The molecule has 3 heteroatoms. The summed E-state index contributed by atoms with van der Waals surface area (Å²) in [7, 11) is 0. The molecule has 2 N–H and O–H groups in total. The van der Waals surface area contributed by atoms with Crippen LogP contribution < -0.4 is 10.5 Å². The number of benzene rings is 1. The molecule has 2 aromatic rings. The average molecular weight is 299 g/mol. The van der Waals surface area contributed by atoms with Crippen molar-refractivity contribution in [3.05, 3.63) is 51.2 Å². The molecule has 2 aliphatic rings. The molecular formula is C18H21NOS. The van der Waals surface area contributed by atoms with Gasteiger partial charge in [0.2, 0.25) is 0 Å². The van der Waals surface area contributed by atoms with Gasteiger partial charge in [0.1, 0.15) is 5.75 Å². The highest BCUT2D eigenvalue weighted by molar-refractivity contribution is 7.12. The molecule has 0 aliphatic heterocycles. The molecule has 1 aromatic heterocycles. The second kappa shape index (κ2) is 5.47. The molecule has 1 heterocycles. The molecule has 1 saturated carbocycles. The van der Waals surface area contributed by atoms with Crippen LogP contribution in [-0.4, -0.2) is 6.10 Å². The van der Waals surface area contributed by atoms with Crippen LogP contribution >= 0.6 is 11.3 Å². The van der Waals surface area contributed by atoms with Crippen LogP contribution in [0, 0.1) is 0 Å². The highest BCUT2D eigenvalue weighted by Crippen LogP contribution is 2.35. The quantitative estimate of drug-likeness (QED) is 0.917. The third-order valence-electron chi connectivity index (χ3n) is 4.39. The first-order chi connectivity index (χ1) is 10.3. The highest BCUT2D eigenvalue weighted by atomic mass is 32.1. The molecule has 0 radical (unpaired) electrons. The Hall–Kier alpha value is -1.32. The molecule has 1 atom stereocenters. The monoisotopic (exact) mass is 299 g/mol. The lowest BCUT2D eigenvalue weighted by Gasteiger charge is -2.11. The van der Waals surface area contributed by atoms with Gasteiger partial charge in [-0.3, -0.25) is 0 Å². The maximum absolute atomic E-state index is 6.46. The second-order valence-corrected chi connectivity index (χ2v) is 7.34. The molecule has 1 fully saturated rings. The first kappa shape index (κ1) is 13.4. The lowest BCUT2D eigenvalue weighted by Crippen LogP contribution is -2.10. The van der Waals surface area contributed by atoms with E-state index in [0.717, 1.165) is 5.75 Å². The van der Waals surface area contributed by atoms with Gasteiger partial charge in [0.25, 0.3) is 0 Å². The van der Waals surface area contributed by atoms with Gasteiger partial charge in [-0.15, -0.1) is 11.3 Å². The van der Waals surface area contributed by atoms with E-state index in [9.17, 15) is 0 Å². The van der Waals surface area contributed by atoms with E-state index in [1.54, 1.807) is 4.88 Å². The molecule has 0 amide bonds. The van der Waals surface area contributed by atoms with E-state index >= 15 is 0 Å². The van der Waals surface area contributed by atoms with Crippen molar-refractivity contribution in [1.29, 1.82) is 0 Å². The van der Waals surface area contributed by atoms with Gasteiger partial charge in [0, 0.05) is 9.75 Å². The molecule has 2 aliphatic carbocycles. The number of rotatable bonds is 4. The normalized spacial score (nSPS) is 19.1. The van der Waals surface area contributed by atoms with Gasteiger partial charge in [-0.1, -0.05) is 12.1 Å². The van der Waals surface area contributed by atoms with Gasteiger partial charge in [0.05, 0.1) is 12.1 Å². The van der Waals surface area contributed by atoms with Gasteiger partial charge in [-0.05, 0) is 67.9 Å². The summed E-state index contributed by atoms with van der Waals surface area (Å²) in [5, 5.41) is 0. The molecule has 110 valence electrons. The van der Waals surface area contributed by atoms with E-state index in [4.69, 9.17) is 10.5 Å². The molecular weight excluding hydrogens is 278 g/mol. The van der Waals surface area contributed by atoms with Gasteiger partial charge in [0.15, 0.2) is 0 Å². The zero-order valence-electron chi connectivity index (χ0n) is 12.2. The number of hydrogen-bond acceptors (Lipinski definition) is 3. The number of thiophene rings is 1. The Bertz CT molecular complexity index is 604. The summed E-state index contributed by atoms with van der Waals surface area (Å²) in [5.74, 6) is 0.971. The van der Waals surface area contributed by atoms with Crippen LogP contribution in [0.3, 0.4) is 0 Å². The molecule has 0 saturated heterocycles. The van der Waals surface area contributed by atoms with Crippen molar-refractivity contribution in [2.45, 2.75) is 50.7 Å². The first-order valence-corrected chi connectivity index (χ1v) is 8.75. The summed E-state index contributed by atoms with van der Waals surface area (Å²) < 4.78 is 5.79. The average Bonchev–Trinajstić information content (AvgIpc) is 3.22. The third-order valence-corrected chi connectivity index (χ3v) is 5.71. The molecule has 2 nitrogen and oxygen atoms in total. The summed E-state index contributed by atoms with van der Waals surface area (Å²) in [6.45, 7) is 0. The molecule has 4 rings (SSSR count). The minimum absolute atomic E-state index is 0.00410. The Morgan fingerprint density at radius 3 is 2.57 bits per heavy atom. The minimum atomic E-state index is -0.00410. The summed E-state index contributed by atoms with van der Waals surface area (Å²) in [6.07, 6.45) is 7.96. The van der Waals surface area contributed by atoms with Gasteiger partial charge >= 0.3 is 0 Å². The summed E-state index contributed by atoms with van der Waals surface area (Å²) in [6, 6.07) is 10.7. The van der Waals surface area contributed by atoms with Crippen molar-refractivity contribution in [1.82, 2.24) is 0 Å². The zero-order valence-corrected chi connectivity index (χ0v) is 13.0. The fourth-order valence-corrected chi connectivity index (χ4v) is 4.25. The predicted molar refractivity (Wildman–Crippen MR) is 87.1 cm³/mol. The van der Waals surface area contributed by atoms with Crippen molar-refractivity contribution in [3.8, 4) is 5.75 Å². The Balaban J connectivity index is 1.52. The third kappa shape index (κ3) is 2.85. The van der Waals surface area contributed by atoms with E-state index in [2.05, 4.69) is 30.3 Å². The van der Waals surface area contributed by atoms with Crippen molar-refractivity contribution in [3.63, 3.8) is 0 Å². The Morgan fingerprint density at radius 1 is 1.10 bits per heavy atom. The van der Waals surface area contributed by atoms with Crippen LogP contribution in [0.2, 0.25) is 0 Å². The van der Waals surface area contributed by atoms with E-state index in [1.165, 1.54) is 54.5 Å². The van der Waals surface area contributed by atoms with Crippen LogP contribution in [0.25, 0.3) is 0 Å². The van der Waals surface area contributed by atoms with E-state index in [0.29, 0.717) is 6.10 Å². The fourth-order valence-electron chi connectivity index (χ4n) is 2.96. The van der Waals surface area contributed by atoms with Crippen LogP contribution in [0.4, 0.5) is 0 Å². The molecule has 1 unspecified atom stereocenters. The topological polar surface area (TPSA) is 35.2 Å². The maximum atomic E-state index is 6.46. The molecule has 0 spiro atoms. The number of hydrogen-bond donors (Lipinski definition) is 1. The SMILES string of the molecule is NC(c1ccc(OC2CC2)cc1)c1cc2c(s1)CCCC2. The standard InChI is InChI=1S/C18H21NOS/c19-18(17-11-13-3-1-2-4-16(13)21-17)12-5-7-14(8-6-12)20-15-9-10-15/h5-8,11,15,18H,1-4,9-10,19H2. The summed E-state index contributed by atoms with van der Waals surface area (Å²) in [5.41, 5.74) is 9.17. The predicted octanol–water partition coefficient (Wildman–Crippen LogP) is 4.22. The van der Waals surface area contributed by atoms with Crippen LogP contribution in [0.1, 0.15) is 52.6 Å². The molecule has 1 aromatic carbocycles. The maximum Gasteiger partial charge on any atom is 0.119 e.